The number of nitrogens with one attached hydrogen (secondary N) is 1. The van der Waals surface area contributed by atoms with E-state index in [-0.39, 0.29) is 31.0 Å². The predicted octanol–water partition coefficient (Wildman–Crippen LogP) is 6.23. The van der Waals surface area contributed by atoms with Gasteiger partial charge in [-0.2, -0.15) is 0 Å². The van der Waals surface area contributed by atoms with E-state index in [2.05, 4.69) is 21.2 Å². The van der Waals surface area contributed by atoms with Crippen molar-refractivity contribution in [2.75, 3.05) is 6.61 Å². The number of amides is 2. The van der Waals surface area contributed by atoms with E-state index in [1.165, 1.54) is 4.90 Å². The highest BCUT2D eigenvalue weighted by atomic mass is 79.9. The molecule has 0 heterocycles. The molecule has 0 aliphatic heterocycles. The van der Waals surface area contributed by atoms with Gasteiger partial charge in [0.05, 0.1) is 0 Å². The smallest absolute Gasteiger partial charge is 0.261 e. The van der Waals surface area contributed by atoms with Crippen LogP contribution in [0, 0.1) is 13.8 Å². The molecular formula is C25H29BrCl2N2O3. The first kappa shape index (κ1) is 25.9. The Hall–Kier alpha value is -1.76. The Morgan fingerprint density at radius 2 is 1.79 bits per heavy atom. The van der Waals surface area contributed by atoms with Crippen molar-refractivity contribution >= 4 is 50.9 Å². The Balaban J connectivity index is 1.77. The van der Waals surface area contributed by atoms with Crippen LogP contribution in [0.25, 0.3) is 0 Å². The standard InChI is InChI=1S/C25H29BrCl2N2O3/c1-15-10-21(11-16(2)24(15)26)33-14-23(31)30(13-18-8-9-19(27)12-22(18)28)17(3)25(32)29-20-6-4-5-7-20/h8-12,17,20H,4-7,13-14H2,1-3H3,(H,29,32). The Kier molecular flexibility index (Phi) is 9.08. The van der Waals surface area contributed by atoms with Crippen molar-refractivity contribution < 1.29 is 14.3 Å². The van der Waals surface area contributed by atoms with Crippen LogP contribution in [0.2, 0.25) is 10.0 Å². The molecule has 1 aliphatic rings. The van der Waals surface area contributed by atoms with Gasteiger partial charge in [-0.05, 0) is 74.6 Å². The number of halogens is 3. The average molecular weight is 556 g/mol. The van der Waals surface area contributed by atoms with E-state index in [9.17, 15) is 9.59 Å². The maximum atomic E-state index is 13.3. The molecule has 2 amide bonds. The molecule has 178 valence electrons. The zero-order valence-corrected chi connectivity index (χ0v) is 22.2. The lowest BCUT2D eigenvalue weighted by Crippen LogP contribution is -2.50. The van der Waals surface area contributed by atoms with Crippen molar-refractivity contribution in [2.24, 2.45) is 0 Å². The molecule has 0 aromatic heterocycles. The molecule has 1 N–H and O–H groups in total. The average Bonchev–Trinajstić information content (AvgIpc) is 3.27. The molecule has 0 radical (unpaired) electrons. The largest absolute Gasteiger partial charge is 0.484 e. The monoisotopic (exact) mass is 554 g/mol. The number of rotatable bonds is 8. The predicted molar refractivity (Wildman–Crippen MR) is 136 cm³/mol. The van der Waals surface area contributed by atoms with Gasteiger partial charge in [-0.3, -0.25) is 9.59 Å². The van der Waals surface area contributed by atoms with Crippen LogP contribution in [0.4, 0.5) is 0 Å². The van der Waals surface area contributed by atoms with Crippen LogP contribution in [0.5, 0.6) is 5.75 Å². The van der Waals surface area contributed by atoms with Crippen molar-refractivity contribution in [3.63, 3.8) is 0 Å². The number of nitrogens with zero attached hydrogens (tertiary/aromatic N) is 1. The lowest BCUT2D eigenvalue weighted by molar-refractivity contribution is -0.142. The van der Waals surface area contributed by atoms with Gasteiger partial charge in [-0.1, -0.05) is 58.0 Å². The van der Waals surface area contributed by atoms with Crippen molar-refractivity contribution in [1.29, 1.82) is 0 Å². The molecule has 5 nitrogen and oxygen atoms in total. The van der Waals surface area contributed by atoms with E-state index >= 15 is 0 Å². The molecule has 1 aliphatic carbocycles. The third-order valence-corrected chi connectivity index (χ3v) is 7.83. The van der Waals surface area contributed by atoms with E-state index in [1.54, 1.807) is 25.1 Å². The van der Waals surface area contributed by atoms with Gasteiger partial charge in [-0.15, -0.1) is 0 Å². The maximum absolute atomic E-state index is 13.3. The van der Waals surface area contributed by atoms with Crippen LogP contribution in [0.3, 0.4) is 0 Å². The van der Waals surface area contributed by atoms with Crippen molar-refractivity contribution in [3.05, 3.63) is 61.5 Å². The fourth-order valence-electron chi connectivity index (χ4n) is 4.03. The number of carbonyl (C=O) groups excluding carboxylic acids is 2. The molecule has 1 fully saturated rings. The lowest BCUT2D eigenvalue weighted by Gasteiger charge is -2.30. The summed E-state index contributed by atoms with van der Waals surface area (Å²) in [5.41, 5.74) is 2.75. The van der Waals surface area contributed by atoms with Crippen molar-refractivity contribution in [2.45, 2.75) is 65.1 Å². The number of benzene rings is 2. The molecule has 2 aromatic rings. The fourth-order valence-corrected chi connectivity index (χ4v) is 4.72. The highest BCUT2D eigenvalue weighted by Crippen LogP contribution is 2.27. The number of hydrogen-bond acceptors (Lipinski definition) is 3. The van der Waals surface area contributed by atoms with Gasteiger partial charge in [-0.25, -0.2) is 0 Å². The third kappa shape index (κ3) is 6.87. The summed E-state index contributed by atoms with van der Waals surface area (Å²) < 4.78 is 6.83. The Bertz CT molecular complexity index is 1000. The second-order valence-electron chi connectivity index (χ2n) is 8.58. The normalized spacial score (nSPS) is 14.7. The van der Waals surface area contributed by atoms with E-state index < -0.39 is 6.04 Å². The van der Waals surface area contributed by atoms with Crippen LogP contribution in [-0.4, -0.2) is 35.4 Å². The van der Waals surface area contributed by atoms with Crippen LogP contribution < -0.4 is 10.1 Å². The van der Waals surface area contributed by atoms with Crippen molar-refractivity contribution in [1.82, 2.24) is 10.2 Å². The first-order valence-electron chi connectivity index (χ1n) is 11.1. The maximum Gasteiger partial charge on any atom is 0.261 e. The quantitative estimate of drug-likeness (QED) is 0.420. The number of hydrogen-bond donors (Lipinski definition) is 1. The summed E-state index contributed by atoms with van der Waals surface area (Å²) in [5, 5.41) is 4.05. The molecule has 33 heavy (non-hydrogen) atoms. The Labute approximate surface area is 213 Å². The summed E-state index contributed by atoms with van der Waals surface area (Å²) in [6, 6.07) is 8.37. The molecular weight excluding hydrogens is 527 g/mol. The molecule has 1 saturated carbocycles. The molecule has 1 unspecified atom stereocenters. The van der Waals surface area contributed by atoms with E-state index in [0.717, 1.165) is 41.3 Å². The summed E-state index contributed by atoms with van der Waals surface area (Å²) in [6.45, 7) is 5.66. The van der Waals surface area contributed by atoms with Crippen molar-refractivity contribution in [3.8, 4) is 5.75 Å². The minimum atomic E-state index is -0.679. The van der Waals surface area contributed by atoms with Gasteiger partial charge < -0.3 is 15.0 Å². The Morgan fingerprint density at radius 3 is 2.39 bits per heavy atom. The zero-order valence-electron chi connectivity index (χ0n) is 19.1. The van der Waals surface area contributed by atoms with Gasteiger partial charge in [0.1, 0.15) is 11.8 Å². The van der Waals surface area contributed by atoms with Gasteiger partial charge in [0.15, 0.2) is 6.61 Å². The third-order valence-electron chi connectivity index (χ3n) is 6.00. The van der Waals surface area contributed by atoms with Gasteiger partial charge in [0.2, 0.25) is 5.91 Å². The summed E-state index contributed by atoms with van der Waals surface area (Å²) in [5.74, 6) is 0.137. The van der Waals surface area contributed by atoms with Gasteiger partial charge in [0.25, 0.3) is 5.91 Å². The molecule has 2 aromatic carbocycles. The van der Waals surface area contributed by atoms with Crippen LogP contribution in [0.15, 0.2) is 34.8 Å². The topological polar surface area (TPSA) is 58.6 Å². The summed E-state index contributed by atoms with van der Waals surface area (Å²) in [7, 11) is 0. The van der Waals surface area contributed by atoms with Crippen LogP contribution in [0.1, 0.15) is 49.3 Å². The van der Waals surface area contributed by atoms with Crippen LogP contribution in [-0.2, 0) is 16.1 Å². The van der Waals surface area contributed by atoms with E-state index in [0.29, 0.717) is 21.4 Å². The minimum absolute atomic E-state index is 0.168. The highest BCUT2D eigenvalue weighted by Gasteiger charge is 2.29. The first-order chi connectivity index (χ1) is 15.7. The van der Waals surface area contributed by atoms with Crippen LogP contribution >= 0.6 is 39.1 Å². The summed E-state index contributed by atoms with van der Waals surface area (Å²) >= 11 is 15.9. The van der Waals surface area contributed by atoms with Gasteiger partial charge in [0, 0.05) is 27.1 Å². The number of aryl methyl sites for hydroxylation is 2. The molecule has 3 rings (SSSR count). The summed E-state index contributed by atoms with van der Waals surface area (Å²) in [6.07, 6.45) is 4.17. The molecule has 0 saturated heterocycles. The minimum Gasteiger partial charge on any atom is -0.484 e. The van der Waals surface area contributed by atoms with E-state index in [1.807, 2.05) is 26.0 Å². The highest BCUT2D eigenvalue weighted by molar-refractivity contribution is 9.10. The number of carbonyl (C=O) groups is 2. The Morgan fingerprint density at radius 1 is 1.15 bits per heavy atom. The molecule has 1 atom stereocenters. The lowest BCUT2D eigenvalue weighted by atomic mass is 10.1. The van der Waals surface area contributed by atoms with Gasteiger partial charge >= 0.3 is 0 Å². The SMILES string of the molecule is Cc1cc(OCC(=O)N(Cc2ccc(Cl)cc2Cl)C(C)C(=O)NC2CCCC2)cc(C)c1Br. The molecule has 8 heteroatoms. The zero-order chi connectivity index (χ0) is 24.1. The summed E-state index contributed by atoms with van der Waals surface area (Å²) in [4.78, 5) is 27.7. The van der Waals surface area contributed by atoms with E-state index in [4.69, 9.17) is 27.9 Å². The second-order valence-corrected chi connectivity index (χ2v) is 10.2. The molecule has 0 bridgehead atoms. The molecule has 0 spiro atoms. The first-order valence-corrected chi connectivity index (χ1v) is 12.6. The number of ether oxygens (including phenoxy) is 1. The fraction of sp³-hybridized carbons (Fsp3) is 0.440. The second kappa shape index (κ2) is 11.6.